The van der Waals surface area contributed by atoms with Crippen molar-refractivity contribution in [2.45, 2.75) is 51.0 Å². The molecule has 0 bridgehead atoms. The number of benzene rings is 1. The van der Waals surface area contributed by atoms with E-state index in [4.69, 9.17) is 5.73 Å². The lowest BCUT2D eigenvalue weighted by Gasteiger charge is -2.09. The predicted molar refractivity (Wildman–Crippen MR) is 115 cm³/mol. The average Bonchev–Trinajstić information content (AvgIpc) is 3.04. The van der Waals surface area contributed by atoms with Crippen LogP contribution in [0.1, 0.15) is 50.0 Å². The summed E-state index contributed by atoms with van der Waals surface area (Å²) in [6.07, 6.45) is 3.78. The molecule has 142 valence electrons. The zero-order valence-electron chi connectivity index (χ0n) is 16.0. The number of amides is 1. The van der Waals surface area contributed by atoms with Crippen molar-refractivity contribution < 1.29 is 4.79 Å². The van der Waals surface area contributed by atoms with E-state index < -0.39 is 0 Å². The van der Waals surface area contributed by atoms with Crippen LogP contribution in [0.4, 0.5) is 0 Å². The van der Waals surface area contributed by atoms with Crippen molar-refractivity contribution in [3.8, 4) is 11.1 Å². The first kappa shape index (κ1) is 19.8. The molecule has 0 aliphatic carbocycles. The number of thioether (sulfide) groups is 1. The zero-order chi connectivity index (χ0) is 19.4. The van der Waals surface area contributed by atoms with E-state index in [1.807, 2.05) is 0 Å². The van der Waals surface area contributed by atoms with Crippen LogP contribution in [0.3, 0.4) is 0 Å². The molecule has 0 radical (unpaired) electrons. The van der Waals surface area contributed by atoms with E-state index in [0.29, 0.717) is 12.3 Å². The molecule has 0 spiro atoms. The highest BCUT2D eigenvalue weighted by Gasteiger charge is 2.18. The van der Waals surface area contributed by atoms with Crippen LogP contribution in [0, 0.1) is 0 Å². The number of hydrogen-bond acceptors (Lipinski definition) is 5. The minimum absolute atomic E-state index is 0.252. The van der Waals surface area contributed by atoms with Crippen LogP contribution in [0.15, 0.2) is 35.6 Å². The number of nitrogens with two attached hydrogens (primary N) is 1. The van der Waals surface area contributed by atoms with Crippen molar-refractivity contribution in [2.24, 2.45) is 5.73 Å². The second kappa shape index (κ2) is 8.85. The van der Waals surface area contributed by atoms with Gasteiger partial charge in [0.15, 0.2) is 0 Å². The van der Waals surface area contributed by atoms with Crippen molar-refractivity contribution in [3.05, 3.63) is 41.0 Å². The maximum absolute atomic E-state index is 11.0. The number of aromatic nitrogens is 2. The average molecular weight is 400 g/mol. The van der Waals surface area contributed by atoms with Gasteiger partial charge in [0.1, 0.15) is 16.2 Å². The minimum Gasteiger partial charge on any atom is -0.370 e. The lowest BCUT2D eigenvalue weighted by atomic mass is 9.97. The van der Waals surface area contributed by atoms with Gasteiger partial charge in [-0.3, -0.25) is 4.79 Å². The molecule has 3 aromatic rings. The summed E-state index contributed by atoms with van der Waals surface area (Å²) in [4.78, 5) is 22.4. The van der Waals surface area contributed by atoms with E-state index in [1.165, 1.54) is 21.6 Å². The van der Waals surface area contributed by atoms with Crippen LogP contribution in [-0.4, -0.2) is 21.6 Å². The fourth-order valence-electron chi connectivity index (χ4n) is 3.07. The normalized spacial score (nSPS) is 11.4. The van der Waals surface area contributed by atoms with Crippen molar-refractivity contribution in [1.82, 2.24) is 9.97 Å². The van der Waals surface area contributed by atoms with Gasteiger partial charge < -0.3 is 5.73 Å². The van der Waals surface area contributed by atoms with Crippen molar-refractivity contribution in [3.63, 3.8) is 0 Å². The van der Waals surface area contributed by atoms with Crippen LogP contribution in [0.5, 0.6) is 0 Å². The van der Waals surface area contributed by atoms with Crippen molar-refractivity contribution in [1.29, 1.82) is 0 Å². The molecule has 2 heterocycles. The van der Waals surface area contributed by atoms with E-state index in [1.54, 1.807) is 29.4 Å². The molecule has 1 aromatic carbocycles. The number of hydrogen-bond donors (Lipinski definition) is 1. The third-order valence-electron chi connectivity index (χ3n) is 4.52. The summed E-state index contributed by atoms with van der Waals surface area (Å²) in [7, 11) is 0. The molecule has 2 aromatic heterocycles. The maximum Gasteiger partial charge on any atom is 0.217 e. The van der Waals surface area contributed by atoms with Crippen LogP contribution in [-0.2, 0) is 11.2 Å². The highest BCUT2D eigenvalue weighted by atomic mass is 32.2. The van der Waals surface area contributed by atoms with Gasteiger partial charge in [0.2, 0.25) is 5.91 Å². The molecule has 4 nitrogen and oxygen atoms in total. The van der Waals surface area contributed by atoms with Gasteiger partial charge in [0.25, 0.3) is 0 Å². The molecule has 0 saturated carbocycles. The molecule has 3 rings (SSSR count). The number of primary amides is 1. The van der Waals surface area contributed by atoms with Crippen LogP contribution >= 0.6 is 23.1 Å². The number of carbonyl (C=O) groups excluding carboxylic acids is 1. The summed E-state index contributed by atoms with van der Waals surface area (Å²) >= 11 is 3.43. The topological polar surface area (TPSA) is 68.9 Å². The number of thiophene rings is 1. The summed E-state index contributed by atoms with van der Waals surface area (Å²) < 4.78 is 0. The Morgan fingerprint density at radius 1 is 1.22 bits per heavy atom. The highest BCUT2D eigenvalue weighted by molar-refractivity contribution is 7.99. The van der Waals surface area contributed by atoms with Crippen molar-refractivity contribution >= 4 is 39.2 Å². The standard InChI is InChI=1S/C21H25N3OS2/c1-4-16-18(15-9-7-14(8-10-15)13(2)3)19-20(23-12-24-21(19)27-16)26-11-5-6-17(22)25/h7-10,12-13H,4-6,11H2,1-3H3,(H2,22,25). The predicted octanol–water partition coefficient (Wildman–Crippen LogP) is 5.40. The first-order chi connectivity index (χ1) is 13.0. The van der Waals surface area contributed by atoms with E-state index in [-0.39, 0.29) is 5.91 Å². The first-order valence-electron chi connectivity index (χ1n) is 9.29. The Hall–Kier alpha value is -1.92. The summed E-state index contributed by atoms with van der Waals surface area (Å²) in [6.45, 7) is 6.60. The van der Waals surface area contributed by atoms with Gasteiger partial charge in [-0.25, -0.2) is 9.97 Å². The fraction of sp³-hybridized carbons (Fsp3) is 0.381. The van der Waals surface area contributed by atoms with Gasteiger partial charge in [0.05, 0.1) is 5.39 Å². The Kier molecular flexibility index (Phi) is 6.50. The Morgan fingerprint density at radius 3 is 2.59 bits per heavy atom. The molecule has 2 N–H and O–H groups in total. The van der Waals surface area contributed by atoms with Gasteiger partial charge in [0, 0.05) is 22.6 Å². The van der Waals surface area contributed by atoms with Crippen molar-refractivity contribution in [2.75, 3.05) is 5.75 Å². The van der Waals surface area contributed by atoms with Crippen LogP contribution < -0.4 is 5.73 Å². The molecule has 0 atom stereocenters. The fourth-order valence-corrected chi connectivity index (χ4v) is 5.18. The summed E-state index contributed by atoms with van der Waals surface area (Å²) in [5.41, 5.74) is 9.06. The van der Waals surface area contributed by atoms with Gasteiger partial charge >= 0.3 is 0 Å². The van der Waals surface area contributed by atoms with Crippen LogP contribution in [0.2, 0.25) is 0 Å². The maximum atomic E-state index is 11.0. The molecule has 1 amide bonds. The van der Waals surface area contributed by atoms with E-state index in [0.717, 1.165) is 33.8 Å². The highest BCUT2D eigenvalue weighted by Crippen LogP contribution is 2.42. The second-order valence-corrected chi connectivity index (χ2v) is 8.98. The van der Waals surface area contributed by atoms with E-state index in [9.17, 15) is 4.79 Å². The summed E-state index contributed by atoms with van der Waals surface area (Å²) in [6, 6.07) is 8.86. The van der Waals surface area contributed by atoms with Gasteiger partial charge in [-0.05, 0) is 29.9 Å². The Bertz CT molecular complexity index is 932. The molecule has 0 aliphatic rings. The Balaban J connectivity index is 2.01. The summed E-state index contributed by atoms with van der Waals surface area (Å²) in [5.74, 6) is 1.08. The van der Waals surface area contributed by atoms with Crippen LogP contribution in [0.25, 0.3) is 21.3 Å². The third-order valence-corrected chi connectivity index (χ3v) is 6.84. The smallest absolute Gasteiger partial charge is 0.217 e. The number of rotatable bonds is 8. The zero-order valence-corrected chi connectivity index (χ0v) is 17.6. The number of aryl methyl sites for hydroxylation is 1. The molecule has 27 heavy (non-hydrogen) atoms. The Labute approximate surface area is 168 Å². The molecular formula is C21H25N3OS2. The number of nitrogens with zero attached hydrogens (tertiary/aromatic N) is 2. The monoisotopic (exact) mass is 399 g/mol. The molecule has 0 saturated heterocycles. The molecule has 0 aliphatic heterocycles. The molecule has 6 heteroatoms. The number of carbonyl (C=O) groups is 1. The molecule has 0 unspecified atom stereocenters. The minimum atomic E-state index is -0.252. The SMILES string of the molecule is CCc1sc2ncnc(SCCCC(N)=O)c2c1-c1ccc(C(C)C)cc1. The van der Waals surface area contributed by atoms with Gasteiger partial charge in [-0.1, -0.05) is 45.0 Å². The van der Waals surface area contributed by atoms with Gasteiger partial charge in [-0.2, -0.15) is 0 Å². The second-order valence-electron chi connectivity index (χ2n) is 6.81. The lowest BCUT2D eigenvalue weighted by Crippen LogP contribution is -2.10. The molecular weight excluding hydrogens is 374 g/mol. The van der Waals surface area contributed by atoms with Gasteiger partial charge in [-0.15, -0.1) is 23.1 Å². The van der Waals surface area contributed by atoms with E-state index >= 15 is 0 Å². The molecule has 0 fully saturated rings. The quantitative estimate of drug-likeness (QED) is 0.313. The third kappa shape index (κ3) is 4.50. The largest absolute Gasteiger partial charge is 0.370 e. The van der Waals surface area contributed by atoms with E-state index in [2.05, 4.69) is 55.0 Å². The number of fused-ring (bicyclic) bond motifs is 1. The lowest BCUT2D eigenvalue weighted by molar-refractivity contribution is -0.118. The first-order valence-corrected chi connectivity index (χ1v) is 11.1. The summed E-state index contributed by atoms with van der Waals surface area (Å²) in [5, 5.41) is 2.13. The Morgan fingerprint density at radius 2 is 1.96 bits per heavy atom.